The highest BCUT2D eigenvalue weighted by Gasteiger charge is 2.20. The molecule has 0 bridgehead atoms. The first kappa shape index (κ1) is 15.8. The summed E-state index contributed by atoms with van der Waals surface area (Å²) in [5, 5.41) is 13.3. The second kappa shape index (κ2) is 7.44. The summed E-state index contributed by atoms with van der Waals surface area (Å²) in [4.78, 5) is 35.5. The van der Waals surface area contributed by atoms with E-state index >= 15 is 0 Å². The molecule has 1 aliphatic rings. The largest absolute Gasteiger partial charge is 0.481 e. The Labute approximate surface area is 128 Å². The number of nitrogens with zero attached hydrogens (tertiary/aromatic N) is 1. The Morgan fingerprint density at radius 2 is 1.86 bits per heavy atom. The molecular formula is C15H19N3O4. The fourth-order valence-electron chi connectivity index (χ4n) is 2.32. The van der Waals surface area contributed by atoms with Crippen LogP contribution in [0.3, 0.4) is 0 Å². The van der Waals surface area contributed by atoms with E-state index in [4.69, 9.17) is 5.11 Å². The summed E-state index contributed by atoms with van der Waals surface area (Å²) < 4.78 is 0. The zero-order valence-electron chi connectivity index (χ0n) is 12.2. The Morgan fingerprint density at radius 1 is 1.14 bits per heavy atom. The van der Waals surface area contributed by atoms with Gasteiger partial charge in [0.15, 0.2) is 0 Å². The van der Waals surface area contributed by atoms with Gasteiger partial charge in [0.05, 0.1) is 13.0 Å². The van der Waals surface area contributed by atoms with Crippen LogP contribution in [0, 0.1) is 0 Å². The van der Waals surface area contributed by atoms with E-state index < -0.39 is 12.0 Å². The molecule has 0 atom stereocenters. The van der Waals surface area contributed by atoms with Crippen molar-refractivity contribution in [2.24, 2.45) is 0 Å². The number of carbonyl (C=O) groups is 3. The molecule has 0 aliphatic carbocycles. The van der Waals surface area contributed by atoms with Gasteiger partial charge in [-0.05, 0) is 17.5 Å². The Kier molecular flexibility index (Phi) is 5.35. The van der Waals surface area contributed by atoms with Crippen molar-refractivity contribution >= 4 is 17.9 Å². The predicted octanol–water partition coefficient (Wildman–Crippen LogP) is 0.345. The molecular weight excluding hydrogens is 286 g/mol. The van der Waals surface area contributed by atoms with Crippen LogP contribution >= 0.6 is 0 Å². The molecule has 118 valence electrons. The van der Waals surface area contributed by atoms with Gasteiger partial charge in [-0.3, -0.25) is 9.59 Å². The summed E-state index contributed by atoms with van der Waals surface area (Å²) in [7, 11) is 0. The molecule has 0 saturated carbocycles. The molecule has 0 fully saturated rings. The predicted molar refractivity (Wildman–Crippen MR) is 79.2 cm³/mol. The van der Waals surface area contributed by atoms with Gasteiger partial charge in [-0.25, -0.2) is 4.79 Å². The molecule has 7 heteroatoms. The number of benzene rings is 1. The summed E-state index contributed by atoms with van der Waals surface area (Å²) in [5.41, 5.74) is 2.39. The fourth-order valence-corrected chi connectivity index (χ4v) is 2.32. The third kappa shape index (κ3) is 4.47. The van der Waals surface area contributed by atoms with Gasteiger partial charge < -0.3 is 20.6 Å². The van der Waals surface area contributed by atoms with E-state index in [1.807, 2.05) is 18.2 Å². The molecule has 1 heterocycles. The molecule has 2 rings (SSSR count). The van der Waals surface area contributed by atoms with Gasteiger partial charge in [0.2, 0.25) is 5.91 Å². The summed E-state index contributed by atoms with van der Waals surface area (Å²) in [6.45, 7) is 1.13. The summed E-state index contributed by atoms with van der Waals surface area (Å²) in [6, 6.07) is 7.46. The van der Waals surface area contributed by atoms with Gasteiger partial charge in [-0.2, -0.15) is 0 Å². The minimum absolute atomic E-state index is 0.0342. The van der Waals surface area contributed by atoms with Gasteiger partial charge >= 0.3 is 12.0 Å². The Hall–Kier alpha value is -2.57. The van der Waals surface area contributed by atoms with Gasteiger partial charge in [0.1, 0.15) is 0 Å². The number of nitrogens with one attached hydrogen (secondary N) is 2. The first-order valence-electron chi connectivity index (χ1n) is 7.14. The van der Waals surface area contributed by atoms with Crippen molar-refractivity contribution in [1.82, 2.24) is 15.5 Å². The minimum Gasteiger partial charge on any atom is -0.481 e. The van der Waals surface area contributed by atoms with Crippen LogP contribution in [0.25, 0.3) is 0 Å². The lowest BCUT2D eigenvalue weighted by Gasteiger charge is -2.29. The third-order valence-corrected chi connectivity index (χ3v) is 3.51. The number of aliphatic carboxylic acids is 1. The molecule has 0 aromatic heterocycles. The smallest absolute Gasteiger partial charge is 0.315 e. The monoisotopic (exact) mass is 305 g/mol. The van der Waals surface area contributed by atoms with Crippen LogP contribution in [0.15, 0.2) is 24.3 Å². The second-order valence-electron chi connectivity index (χ2n) is 5.09. The Morgan fingerprint density at radius 3 is 2.59 bits per heavy atom. The van der Waals surface area contributed by atoms with E-state index in [2.05, 4.69) is 16.7 Å². The number of carbonyl (C=O) groups excluding carboxylic acids is 2. The molecule has 7 nitrogen and oxygen atoms in total. The lowest BCUT2D eigenvalue weighted by Crippen LogP contribution is -2.45. The van der Waals surface area contributed by atoms with Crippen LogP contribution in [0.2, 0.25) is 0 Å². The van der Waals surface area contributed by atoms with E-state index in [0.29, 0.717) is 13.1 Å². The van der Waals surface area contributed by atoms with E-state index in [-0.39, 0.29) is 25.4 Å². The maximum atomic E-state index is 12.1. The molecule has 1 aromatic carbocycles. The Balaban J connectivity index is 1.74. The number of carboxylic acid groups (broad SMARTS) is 1. The average Bonchev–Trinajstić information content (AvgIpc) is 2.51. The number of hydrogen-bond donors (Lipinski definition) is 3. The molecule has 0 radical (unpaired) electrons. The average molecular weight is 305 g/mol. The van der Waals surface area contributed by atoms with Gasteiger partial charge in [0.25, 0.3) is 0 Å². The zero-order valence-corrected chi connectivity index (χ0v) is 12.2. The second-order valence-corrected chi connectivity index (χ2v) is 5.09. The number of amides is 3. The summed E-state index contributed by atoms with van der Waals surface area (Å²) in [6.07, 6.45) is 0.664. The maximum absolute atomic E-state index is 12.1. The van der Waals surface area contributed by atoms with Gasteiger partial charge in [0, 0.05) is 19.6 Å². The lowest BCUT2D eigenvalue weighted by atomic mass is 10.00. The minimum atomic E-state index is -0.983. The highest BCUT2D eigenvalue weighted by atomic mass is 16.4. The molecule has 3 amide bonds. The van der Waals surface area contributed by atoms with Gasteiger partial charge in [-0.15, -0.1) is 0 Å². The van der Waals surface area contributed by atoms with Crippen LogP contribution in [0.5, 0.6) is 0 Å². The molecule has 22 heavy (non-hydrogen) atoms. The van der Waals surface area contributed by atoms with Crippen LogP contribution in [-0.4, -0.2) is 47.5 Å². The molecule has 3 N–H and O–H groups in total. The molecule has 0 saturated heterocycles. The number of carboxylic acids is 1. The number of hydrogen-bond acceptors (Lipinski definition) is 3. The number of urea groups is 1. The van der Waals surface area contributed by atoms with Gasteiger partial charge in [-0.1, -0.05) is 24.3 Å². The number of rotatable bonds is 5. The van der Waals surface area contributed by atoms with Crippen molar-refractivity contribution < 1.29 is 19.5 Å². The highest BCUT2D eigenvalue weighted by molar-refractivity contribution is 5.84. The number of fused-ring (bicyclic) bond motifs is 1. The van der Waals surface area contributed by atoms with Crippen LogP contribution in [0.4, 0.5) is 4.79 Å². The first-order valence-corrected chi connectivity index (χ1v) is 7.14. The Bertz CT molecular complexity index is 574. The summed E-state index contributed by atoms with van der Waals surface area (Å²) in [5.74, 6) is -1.13. The van der Waals surface area contributed by atoms with Crippen LogP contribution in [0.1, 0.15) is 17.5 Å². The van der Waals surface area contributed by atoms with E-state index in [1.165, 1.54) is 5.56 Å². The topological polar surface area (TPSA) is 98.7 Å². The van der Waals surface area contributed by atoms with Crippen LogP contribution < -0.4 is 10.6 Å². The molecule has 1 aliphatic heterocycles. The standard InChI is InChI=1S/C15H19N3O4/c19-13(9-17-15(22)16-7-5-14(20)21)18-8-6-11-3-1-2-4-12(11)10-18/h1-4H,5-10H2,(H,20,21)(H2,16,17,22). The molecule has 0 unspecified atom stereocenters. The van der Waals surface area contributed by atoms with Crippen molar-refractivity contribution in [3.8, 4) is 0 Å². The third-order valence-electron chi connectivity index (χ3n) is 3.51. The highest BCUT2D eigenvalue weighted by Crippen LogP contribution is 2.18. The van der Waals surface area contributed by atoms with Crippen molar-refractivity contribution in [1.29, 1.82) is 0 Å². The normalized spacial score (nSPS) is 13.2. The quantitative estimate of drug-likeness (QED) is 0.731. The van der Waals surface area contributed by atoms with E-state index in [1.54, 1.807) is 4.90 Å². The first-order chi connectivity index (χ1) is 10.6. The van der Waals surface area contributed by atoms with Crippen molar-refractivity contribution in [2.75, 3.05) is 19.6 Å². The lowest BCUT2D eigenvalue weighted by molar-refractivity contribution is -0.137. The zero-order chi connectivity index (χ0) is 15.9. The maximum Gasteiger partial charge on any atom is 0.315 e. The molecule has 0 spiro atoms. The van der Waals surface area contributed by atoms with E-state index in [0.717, 1.165) is 12.0 Å². The van der Waals surface area contributed by atoms with Crippen molar-refractivity contribution in [3.05, 3.63) is 35.4 Å². The van der Waals surface area contributed by atoms with Crippen molar-refractivity contribution in [2.45, 2.75) is 19.4 Å². The van der Waals surface area contributed by atoms with E-state index in [9.17, 15) is 14.4 Å². The fraction of sp³-hybridized carbons (Fsp3) is 0.400. The van der Waals surface area contributed by atoms with Crippen molar-refractivity contribution in [3.63, 3.8) is 0 Å². The summed E-state index contributed by atoms with van der Waals surface area (Å²) >= 11 is 0. The van der Waals surface area contributed by atoms with Crippen LogP contribution in [-0.2, 0) is 22.6 Å². The SMILES string of the molecule is O=C(O)CCNC(=O)NCC(=O)N1CCc2ccccc2C1. The molecule has 1 aromatic rings.